The molecule has 0 saturated carbocycles. The van der Waals surface area contributed by atoms with Gasteiger partial charge in [0.15, 0.2) is 5.75 Å². The van der Waals surface area contributed by atoms with Crippen molar-refractivity contribution < 1.29 is 27.8 Å². The lowest BCUT2D eigenvalue weighted by Gasteiger charge is -2.43. The number of halogens is 1. The number of pyridine rings is 1. The van der Waals surface area contributed by atoms with Crippen molar-refractivity contribution in [3.8, 4) is 17.4 Å². The molecule has 0 aliphatic carbocycles. The summed E-state index contributed by atoms with van der Waals surface area (Å²) in [4.78, 5) is 20.1. The van der Waals surface area contributed by atoms with Gasteiger partial charge in [-0.25, -0.2) is 9.18 Å². The number of aromatic nitrogens is 2. The second-order valence-corrected chi connectivity index (χ2v) is 16.3. The van der Waals surface area contributed by atoms with E-state index in [-0.39, 0.29) is 34.1 Å². The average Bonchev–Trinajstić information content (AvgIpc) is 3.48. The lowest BCUT2D eigenvalue weighted by molar-refractivity contribution is 0.0597. The van der Waals surface area contributed by atoms with Gasteiger partial charge in [0.05, 0.1) is 13.2 Å². The zero-order valence-corrected chi connectivity index (χ0v) is 27.3. The van der Waals surface area contributed by atoms with Crippen LogP contribution in [0.5, 0.6) is 17.4 Å². The van der Waals surface area contributed by atoms with E-state index in [9.17, 15) is 9.18 Å². The highest BCUT2D eigenvalue weighted by Crippen LogP contribution is 2.38. The molecule has 0 bridgehead atoms. The molecule has 7 nitrogen and oxygen atoms in total. The summed E-state index contributed by atoms with van der Waals surface area (Å²) in [6.07, 6.45) is 2.96. The van der Waals surface area contributed by atoms with Gasteiger partial charge in [-0.05, 0) is 59.4 Å². The summed E-state index contributed by atoms with van der Waals surface area (Å²) in [5.74, 6) is -0.698. The third kappa shape index (κ3) is 6.94. The monoisotopic (exact) mass is 626 g/mol. The highest BCUT2D eigenvalue weighted by atomic mass is 28.4. The molecule has 1 N–H and O–H groups in total. The number of hydrogen-bond donors (Lipinski definition) is 1. The molecule has 5 rings (SSSR count). The van der Waals surface area contributed by atoms with Crippen molar-refractivity contribution in [2.45, 2.75) is 51.7 Å². The first kappa shape index (κ1) is 31.9. The summed E-state index contributed by atoms with van der Waals surface area (Å²) in [6.45, 7) is 9.31. The van der Waals surface area contributed by atoms with Gasteiger partial charge < -0.3 is 23.6 Å². The normalized spacial score (nSPS) is 12.6. The third-order valence-electron chi connectivity index (χ3n) is 7.84. The number of nitrogens with one attached hydrogen (secondary N) is 1. The maximum absolute atomic E-state index is 14.2. The van der Waals surface area contributed by atoms with Crippen LogP contribution in [0.3, 0.4) is 0 Å². The topological polar surface area (TPSA) is 82.7 Å². The summed E-state index contributed by atoms with van der Waals surface area (Å²) in [5, 5.41) is 3.14. The van der Waals surface area contributed by atoms with Gasteiger partial charge in [-0.3, -0.25) is 0 Å². The molecule has 0 radical (unpaired) electrons. The Hall–Kier alpha value is -4.47. The number of carbonyl (C=O) groups excluding carboxylic acids is 1. The quantitative estimate of drug-likeness (QED) is 0.0883. The molecule has 2 aromatic heterocycles. The molecule has 0 aliphatic rings. The van der Waals surface area contributed by atoms with Crippen LogP contribution in [0.4, 0.5) is 4.39 Å². The third-order valence-corrected chi connectivity index (χ3v) is 12.9. The number of rotatable bonds is 12. The number of aromatic amines is 1. The SMILES string of the molecule is COC(=O)c1ccc(F)cc1Oc1cc2cc[nH]c2nc1O[C@H](C)CCCO[Si](c1ccccc1)(c1ccccc1)C(C)(C)C. The number of fused-ring (bicyclic) bond motifs is 1. The van der Waals surface area contributed by atoms with E-state index in [1.807, 2.05) is 25.1 Å². The Kier molecular flexibility index (Phi) is 9.70. The van der Waals surface area contributed by atoms with Crippen molar-refractivity contribution in [2.24, 2.45) is 0 Å². The molecule has 45 heavy (non-hydrogen) atoms. The minimum Gasteiger partial charge on any atom is -0.472 e. The Morgan fingerprint density at radius 3 is 2.22 bits per heavy atom. The van der Waals surface area contributed by atoms with Crippen molar-refractivity contribution in [3.63, 3.8) is 0 Å². The molecule has 1 atom stereocenters. The van der Waals surface area contributed by atoms with E-state index >= 15 is 0 Å². The maximum atomic E-state index is 14.2. The van der Waals surface area contributed by atoms with Gasteiger partial charge >= 0.3 is 5.97 Å². The smallest absolute Gasteiger partial charge is 0.341 e. The fraction of sp³-hybridized carbons (Fsp3) is 0.278. The molecule has 5 aromatic rings. The standard InChI is InChI=1S/C36H39FN2O5Si/c1-25(13-12-22-42-45(36(2,3)4,28-14-8-6-9-15-28)29-16-10-7-11-17-29)43-34-32(23-26-20-21-38-33(26)39-34)44-31-24-27(37)18-19-30(31)35(40)41-5/h6-11,14-21,23-25H,12-13,22H2,1-5H3,(H,38,39)/t25-/m1/s1. The maximum Gasteiger partial charge on any atom is 0.341 e. The number of ether oxygens (including phenoxy) is 3. The van der Waals surface area contributed by atoms with Crippen LogP contribution in [-0.2, 0) is 9.16 Å². The molecule has 0 spiro atoms. The highest BCUT2D eigenvalue weighted by molar-refractivity contribution is 6.99. The second kappa shape index (κ2) is 13.7. The van der Waals surface area contributed by atoms with Crippen LogP contribution in [0.25, 0.3) is 11.0 Å². The Balaban J connectivity index is 1.34. The van der Waals surface area contributed by atoms with Crippen LogP contribution in [0.1, 0.15) is 50.9 Å². The molecule has 0 unspecified atom stereocenters. The lowest BCUT2D eigenvalue weighted by Crippen LogP contribution is -2.66. The van der Waals surface area contributed by atoms with Crippen LogP contribution in [0.2, 0.25) is 5.04 Å². The predicted molar refractivity (Wildman–Crippen MR) is 177 cm³/mol. The molecular weight excluding hydrogens is 587 g/mol. The van der Waals surface area contributed by atoms with Gasteiger partial charge in [0.25, 0.3) is 14.2 Å². The average molecular weight is 627 g/mol. The number of methoxy groups -OCH3 is 1. The summed E-state index contributed by atoms with van der Waals surface area (Å²) in [7, 11) is -1.38. The number of H-pyrrole nitrogens is 1. The first-order chi connectivity index (χ1) is 21.6. The fourth-order valence-corrected chi connectivity index (χ4v) is 10.3. The number of hydrogen-bond acceptors (Lipinski definition) is 6. The summed E-state index contributed by atoms with van der Waals surface area (Å²) >= 11 is 0. The Bertz CT molecular complexity index is 1700. The fourth-order valence-electron chi connectivity index (χ4n) is 5.69. The number of benzene rings is 3. The summed E-state index contributed by atoms with van der Waals surface area (Å²) in [5.41, 5.74) is 0.708. The number of nitrogens with zero attached hydrogens (tertiary/aromatic N) is 1. The number of carbonyl (C=O) groups is 1. The molecule has 3 aromatic carbocycles. The molecule has 0 fully saturated rings. The van der Waals surface area contributed by atoms with E-state index in [1.54, 1.807) is 12.3 Å². The first-order valence-electron chi connectivity index (χ1n) is 15.1. The van der Waals surface area contributed by atoms with Crippen LogP contribution in [0.15, 0.2) is 97.2 Å². The predicted octanol–water partition coefficient (Wildman–Crippen LogP) is 7.41. The minimum absolute atomic E-state index is 0.00902. The Morgan fingerprint density at radius 1 is 0.933 bits per heavy atom. The van der Waals surface area contributed by atoms with Crippen molar-refractivity contribution >= 4 is 35.7 Å². The van der Waals surface area contributed by atoms with Gasteiger partial charge in [-0.2, -0.15) is 4.98 Å². The Morgan fingerprint density at radius 2 is 1.60 bits per heavy atom. The van der Waals surface area contributed by atoms with Crippen molar-refractivity contribution in [1.82, 2.24) is 9.97 Å². The van der Waals surface area contributed by atoms with Crippen LogP contribution in [0, 0.1) is 5.82 Å². The molecule has 0 aliphatic heterocycles. The van der Waals surface area contributed by atoms with Crippen molar-refractivity contribution in [1.29, 1.82) is 0 Å². The molecule has 2 heterocycles. The van der Waals surface area contributed by atoms with Crippen LogP contribution >= 0.6 is 0 Å². The van der Waals surface area contributed by atoms with E-state index in [0.29, 0.717) is 18.7 Å². The van der Waals surface area contributed by atoms with Crippen molar-refractivity contribution in [2.75, 3.05) is 13.7 Å². The molecular formula is C36H39FN2O5Si. The first-order valence-corrected chi connectivity index (χ1v) is 17.0. The second-order valence-electron chi connectivity index (χ2n) is 12.0. The van der Waals surface area contributed by atoms with E-state index in [2.05, 4.69) is 79.3 Å². The summed E-state index contributed by atoms with van der Waals surface area (Å²) in [6, 6.07) is 28.4. The largest absolute Gasteiger partial charge is 0.472 e. The molecule has 234 valence electrons. The zero-order valence-electron chi connectivity index (χ0n) is 26.3. The zero-order chi connectivity index (χ0) is 32.0. The lowest BCUT2D eigenvalue weighted by atomic mass is 10.2. The molecule has 9 heteroatoms. The van der Waals surface area contributed by atoms with Gasteiger partial charge in [-0.1, -0.05) is 81.4 Å². The minimum atomic E-state index is -2.64. The van der Waals surface area contributed by atoms with E-state index in [0.717, 1.165) is 17.9 Å². The van der Waals surface area contributed by atoms with Crippen LogP contribution in [-0.4, -0.2) is 44.1 Å². The van der Waals surface area contributed by atoms with Crippen molar-refractivity contribution in [3.05, 3.63) is 109 Å². The molecule has 0 amide bonds. The van der Waals surface area contributed by atoms with E-state index in [1.165, 1.54) is 29.6 Å². The van der Waals surface area contributed by atoms with Gasteiger partial charge in [-0.15, -0.1) is 0 Å². The molecule has 0 saturated heterocycles. The Labute approximate surface area is 264 Å². The van der Waals surface area contributed by atoms with E-state index < -0.39 is 20.1 Å². The van der Waals surface area contributed by atoms with Gasteiger partial charge in [0, 0.05) is 24.3 Å². The van der Waals surface area contributed by atoms with Gasteiger partial charge in [0.1, 0.15) is 22.8 Å². The summed E-state index contributed by atoms with van der Waals surface area (Å²) < 4.78 is 38.5. The number of esters is 1. The highest BCUT2D eigenvalue weighted by Gasteiger charge is 2.50. The van der Waals surface area contributed by atoms with Crippen LogP contribution < -0.4 is 19.8 Å². The van der Waals surface area contributed by atoms with E-state index in [4.69, 9.17) is 18.6 Å². The van der Waals surface area contributed by atoms with Gasteiger partial charge in [0.2, 0.25) is 0 Å².